The molecule has 0 bridgehead atoms. The summed E-state index contributed by atoms with van der Waals surface area (Å²) in [5.41, 5.74) is 3.18. The van der Waals surface area contributed by atoms with Crippen LogP contribution in [0.25, 0.3) is 15.9 Å². The molecule has 0 N–H and O–H groups in total. The summed E-state index contributed by atoms with van der Waals surface area (Å²) >= 11 is 3.46. The van der Waals surface area contributed by atoms with Crippen molar-refractivity contribution in [3.05, 3.63) is 45.0 Å². The maximum absolute atomic E-state index is 5.50. The lowest BCUT2D eigenvalue weighted by atomic mass is 10.1. The normalized spacial score (nSPS) is 15.2. The maximum Gasteiger partial charge on any atom is 0.192 e. The van der Waals surface area contributed by atoms with Gasteiger partial charge in [0.25, 0.3) is 0 Å². The molecule has 4 aromatic heterocycles. The van der Waals surface area contributed by atoms with Gasteiger partial charge in [-0.3, -0.25) is 0 Å². The minimum atomic E-state index is 0.248. The van der Waals surface area contributed by atoms with E-state index in [1.807, 2.05) is 35.8 Å². The lowest BCUT2D eigenvalue weighted by Gasteiger charge is -1.98. The van der Waals surface area contributed by atoms with Crippen LogP contribution in [0.5, 0.6) is 0 Å². The topological polar surface area (TPSA) is 64.7 Å². The van der Waals surface area contributed by atoms with Crippen LogP contribution in [0.3, 0.4) is 0 Å². The van der Waals surface area contributed by atoms with Gasteiger partial charge in [-0.15, -0.1) is 27.8 Å². The van der Waals surface area contributed by atoms with E-state index in [9.17, 15) is 0 Å². The van der Waals surface area contributed by atoms with Gasteiger partial charge in [-0.2, -0.15) is 0 Å². The number of fused-ring (bicyclic) bond motifs is 5. The summed E-state index contributed by atoms with van der Waals surface area (Å²) in [7, 11) is 0. The largest absolute Gasteiger partial charge is 0.387 e. The zero-order chi connectivity index (χ0) is 18.2. The molecule has 1 aliphatic rings. The first-order valence-electron chi connectivity index (χ1n) is 9.14. The highest BCUT2D eigenvalue weighted by Crippen LogP contribution is 2.36. The van der Waals surface area contributed by atoms with E-state index in [4.69, 9.17) is 9.82 Å². The van der Waals surface area contributed by atoms with Gasteiger partial charge in [0.2, 0.25) is 0 Å². The van der Waals surface area contributed by atoms with Crippen molar-refractivity contribution in [3.8, 4) is 0 Å². The number of rotatable bonds is 4. The number of thiophene rings is 2. The molecule has 0 aromatic carbocycles. The van der Waals surface area contributed by atoms with Crippen LogP contribution < -0.4 is 0 Å². The fourth-order valence-corrected chi connectivity index (χ4v) is 5.45. The van der Waals surface area contributed by atoms with Crippen molar-refractivity contribution < 1.29 is 4.84 Å². The Morgan fingerprint density at radius 2 is 2.22 bits per heavy atom. The van der Waals surface area contributed by atoms with Crippen LogP contribution in [0, 0.1) is 0 Å². The Morgan fingerprint density at radius 1 is 1.30 bits per heavy atom. The van der Waals surface area contributed by atoms with Gasteiger partial charge < -0.3 is 4.84 Å². The van der Waals surface area contributed by atoms with Crippen molar-refractivity contribution in [2.75, 3.05) is 0 Å². The van der Waals surface area contributed by atoms with Crippen molar-refractivity contribution in [1.82, 2.24) is 19.6 Å². The van der Waals surface area contributed by atoms with E-state index < -0.39 is 0 Å². The second-order valence-corrected chi connectivity index (χ2v) is 8.74. The lowest BCUT2D eigenvalue weighted by molar-refractivity contribution is 0.125. The summed E-state index contributed by atoms with van der Waals surface area (Å²) in [5.74, 6) is 0.626. The van der Waals surface area contributed by atoms with Crippen molar-refractivity contribution in [2.24, 2.45) is 5.16 Å². The third-order valence-electron chi connectivity index (χ3n) is 4.86. The highest BCUT2D eigenvalue weighted by atomic mass is 32.1. The van der Waals surface area contributed by atoms with Crippen molar-refractivity contribution in [3.63, 3.8) is 0 Å². The molecular weight excluding hydrogens is 378 g/mol. The lowest BCUT2D eigenvalue weighted by Crippen LogP contribution is -1.96. The van der Waals surface area contributed by atoms with Crippen LogP contribution in [0.15, 0.2) is 29.0 Å². The molecule has 138 valence electrons. The van der Waals surface area contributed by atoms with E-state index in [1.54, 1.807) is 22.2 Å². The van der Waals surface area contributed by atoms with Crippen LogP contribution in [0.1, 0.15) is 47.3 Å². The number of aromatic nitrogens is 4. The first kappa shape index (κ1) is 16.8. The molecule has 0 unspecified atom stereocenters. The van der Waals surface area contributed by atoms with Gasteiger partial charge in [0.05, 0.1) is 16.0 Å². The van der Waals surface area contributed by atoms with Gasteiger partial charge >= 0.3 is 0 Å². The van der Waals surface area contributed by atoms with Gasteiger partial charge in [0, 0.05) is 4.88 Å². The van der Waals surface area contributed by atoms with Crippen molar-refractivity contribution >= 4 is 44.2 Å². The molecule has 27 heavy (non-hydrogen) atoms. The molecule has 6 nitrogen and oxygen atoms in total. The maximum atomic E-state index is 5.50. The monoisotopic (exact) mass is 397 g/mol. The van der Waals surface area contributed by atoms with Crippen LogP contribution in [-0.4, -0.2) is 25.3 Å². The van der Waals surface area contributed by atoms with Crippen molar-refractivity contribution in [2.45, 2.75) is 45.6 Å². The van der Waals surface area contributed by atoms with Gasteiger partial charge in [-0.05, 0) is 49.6 Å². The van der Waals surface area contributed by atoms with Crippen LogP contribution in [-0.2, 0) is 24.3 Å². The summed E-state index contributed by atoms with van der Waals surface area (Å²) in [4.78, 5) is 18.5. The number of aryl methyl sites for hydroxylation is 2. The van der Waals surface area contributed by atoms with E-state index in [1.165, 1.54) is 35.1 Å². The number of oxime groups is 1. The van der Waals surface area contributed by atoms with Crippen molar-refractivity contribution in [1.29, 1.82) is 0 Å². The van der Waals surface area contributed by atoms with E-state index in [-0.39, 0.29) is 6.61 Å². The predicted octanol–water partition coefficient (Wildman–Crippen LogP) is 4.61. The number of nitrogens with zero attached hydrogens (tertiary/aromatic N) is 5. The standard InChI is InChI=1S/C19H19N5OS2/c1-12(14-8-5-9-26-14)23-25-10-16-21-18-17-13-6-3-2-4-7-15(13)27-19(17)20-11-24(18)22-16/h5,8-9,11H,2-4,6-7,10H2,1H3/b23-12-. The number of hydrogen-bond acceptors (Lipinski definition) is 7. The second kappa shape index (κ2) is 7.01. The zero-order valence-corrected chi connectivity index (χ0v) is 16.6. The predicted molar refractivity (Wildman–Crippen MR) is 109 cm³/mol. The average molecular weight is 398 g/mol. The van der Waals surface area contributed by atoms with Gasteiger partial charge in [0.15, 0.2) is 18.1 Å². The first-order valence-corrected chi connectivity index (χ1v) is 10.8. The summed E-state index contributed by atoms with van der Waals surface area (Å²) in [5, 5.41) is 11.9. The summed E-state index contributed by atoms with van der Waals surface area (Å²) in [6.45, 7) is 2.19. The van der Waals surface area contributed by atoms with E-state index in [0.29, 0.717) is 5.82 Å². The molecular formula is C19H19N5OS2. The Kier molecular flexibility index (Phi) is 4.37. The summed E-state index contributed by atoms with van der Waals surface area (Å²) < 4.78 is 1.77. The third-order valence-corrected chi connectivity index (χ3v) is 7.04. The fourth-order valence-electron chi connectivity index (χ4n) is 3.55. The Labute approximate surface area is 164 Å². The van der Waals surface area contributed by atoms with E-state index in [0.717, 1.165) is 33.9 Å². The van der Waals surface area contributed by atoms with Gasteiger partial charge in [0.1, 0.15) is 11.2 Å². The SMILES string of the molecule is C/C(=N/OCc1nc2c3c4c(sc3ncn2n1)CCCCC4)c1cccs1. The van der Waals surface area contributed by atoms with Crippen LogP contribution >= 0.6 is 22.7 Å². The Bertz CT molecular complexity index is 1130. The molecule has 5 rings (SSSR count). The summed E-state index contributed by atoms with van der Waals surface area (Å²) in [6, 6.07) is 4.03. The minimum Gasteiger partial charge on any atom is -0.387 e. The Balaban J connectivity index is 1.45. The molecule has 0 radical (unpaired) electrons. The van der Waals surface area contributed by atoms with Crippen LogP contribution in [0.2, 0.25) is 0 Å². The highest BCUT2D eigenvalue weighted by molar-refractivity contribution is 7.19. The summed E-state index contributed by atoms with van der Waals surface area (Å²) in [6.07, 6.45) is 7.82. The molecule has 8 heteroatoms. The average Bonchev–Trinajstić information content (AvgIpc) is 3.37. The Hall–Kier alpha value is -2.32. The second-order valence-electron chi connectivity index (χ2n) is 6.71. The van der Waals surface area contributed by atoms with E-state index in [2.05, 4.69) is 15.2 Å². The van der Waals surface area contributed by atoms with Gasteiger partial charge in [-0.1, -0.05) is 17.6 Å². The molecule has 4 aromatic rings. The smallest absolute Gasteiger partial charge is 0.192 e. The molecule has 4 heterocycles. The first-order chi connectivity index (χ1) is 13.3. The molecule has 0 aliphatic heterocycles. The molecule has 0 amide bonds. The van der Waals surface area contributed by atoms with Crippen LogP contribution in [0.4, 0.5) is 0 Å². The number of hydrogen-bond donors (Lipinski definition) is 0. The molecule has 0 fully saturated rings. The quantitative estimate of drug-likeness (QED) is 0.287. The minimum absolute atomic E-state index is 0.248. The fraction of sp³-hybridized carbons (Fsp3) is 0.368. The zero-order valence-electron chi connectivity index (χ0n) is 15.0. The molecule has 1 aliphatic carbocycles. The molecule has 0 saturated carbocycles. The van der Waals surface area contributed by atoms with Gasteiger partial charge in [-0.25, -0.2) is 14.5 Å². The molecule has 0 saturated heterocycles. The third kappa shape index (κ3) is 3.12. The van der Waals surface area contributed by atoms with E-state index >= 15 is 0 Å². The molecule has 0 atom stereocenters. The molecule has 0 spiro atoms. The highest BCUT2D eigenvalue weighted by Gasteiger charge is 2.20. The Morgan fingerprint density at radius 3 is 3.11 bits per heavy atom.